The van der Waals surface area contributed by atoms with E-state index in [-0.39, 0.29) is 6.10 Å². The van der Waals surface area contributed by atoms with Crippen LogP contribution < -0.4 is 4.74 Å². The molecule has 1 aromatic rings. The molecule has 1 fully saturated rings. The fourth-order valence-corrected chi connectivity index (χ4v) is 2.00. The maximum absolute atomic E-state index is 5.79. The standard InChI is InChI=1S/C11H15ClN2O/c1-14-7-3-4-9(8-14)15-11-6-2-5-10(12)13-11/h2,5-6,9H,3-4,7-8H2,1H3. The molecular formula is C11H15ClN2O. The van der Waals surface area contributed by atoms with Crippen molar-refractivity contribution >= 4 is 11.6 Å². The molecule has 2 heterocycles. The molecule has 0 saturated carbocycles. The van der Waals surface area contributed by atoms with Crippen molar-refractivity contribution in [3.63, 3.8) is 0 Å². The molecule has 0 aliphatic carbocycles. The monoisotopic (exact) mass is 226 g/mol. The van der Waals surface area contributed by atoms with Gasteiger partial charge in [0.2, 0.25) is 5.88 Å². The summed E-state index contributed by atoms with van der Waals surface area (Å²) in [6, 6.07) is 5.46. The van der Waals surface area contributed by atoms with Crippen LogP contribution in [0.4, 0.5) is 0 Å². The molecule has 0 spiro atoms. The number of aromatic nitrogens is 1. The van der Waals surface area contributed by atoms with E-state index < -0.39 is 0 Å². The quantitative estimate of drug-likeness (QED) is 0.723. The zero-order chi connectivity index (χ0) is 10.7. The Kier molecular flexibility index (Phi) is 3.44. The molecule has 0 bridgehead atoms. The minimum atomic E-state index is 0.245. The Hall–Kier alpha value is -0.800. The van der Waals surface area contributed by atoms with Gasteiger partial charge in [0.15, 0.2) is 0 Å². The molecule has 1 aromatic heterocycles. The van der Waals surface area contributed by atoms with E-state index in [4.69, 9.17) is 16.3 Å². The van der Waals surface area contributed by atoms with Gasteiger partial charge in [0.1, 0.15) is 11.3 Å². The van der Waals surface area contributed by atoms with Gasteiger partial charge in [0, 0.05) is 12.6 Å². The first kappa shape index (κ1) is 10.7. The van der Waals surface area contributed by atoms with Crippen LogP contribution in [-0.2, 0) is 0 Å². The minimum Gasteiger partial charge on any atom is -0.473 e. The van der Waals surface area contributed by atoms with Crippen LogP contribution in [0.25, 0.3) is 0 Å². The predicted octanol–water partition coefficient (Wildman–Crippen LogP) is 2.21. The summed E-state index contributed by atoms with van der Waals surface area (Å²) >= 11 is 5.79. The molecule has 0 amide bonds. The van der Waals surface area contributed by atoms with Gasteiger partial charge in [-0.2, -0.15) is 0 Å². The highest BCUT2D eigenvalue weighted by atomic mass is 35.5. The second-order valence-electron chi connectivity index (χ2n) is 3.94. The highest BCUT2D eigenvalue weighted by molar-refractivity contribution is 6.29. The zero-order valence-corrected chi connectivity index (χ0v) is 9.57. The molecule has 0 radical (unpaired) electrons. The number of rotatable bonds is 2. The summed E-state index contributed by atoms with van der Waals surface area (Å²) in [4.78, 5) is 6.39. The lowest BCUT2D eigenvalue weighted by Gasteiger charge is -2.29. The lowest BCUT2D eigenvalue weighted by Crippen LogP contribution is -2.38. The Morgan fingerprint density at radius 1 is 1.53 bits per heavy atom. The topological polar surface area (TPSA) is 25.4 Å². The molecule has 1 aliphatic heterocycles. The third kappa shape index (κ3) is 3.08. The molecule has 1 saturated heterocycles. The van der Waals surface area contributed by atoms with Crippen molar-refractivity contribution in [2.75, 3.05) is 20.1 Å². The largest absolute Gasteiger partial charge is 0.473 e. The molecular weight excluding hydrogens is 212 g/mol. The fraction of sp³-hybridized carbons (Fsp3) is 0.545. The van der Waals surface area contributed by atoms with Crippen molar-refractivity contribution in [2.45, 2.75) is 18.9 Å². The summed E-state index contributed by atoms with van der Waals surface area (Å²) in [7, 11) is 2.11. The van der Waals surface area contributed by atoms with Gasteiger partial charge in [0.25, 0.3) is 0 Å². The van der Waals surface area contributed by atoms with Crippen molar-refractivity contribution in [3.05, 3.63) is 23.4 Å². The van der Waals surface area contributed by atoms with Gasteiger partial charge in [-0.15, -0.1) is 0 Å². The van der Waals surface area contributed by atoms with Crippen molar-refractivity contribution < 1.29 is 4.74 Å². The molecule has 0 aromatic carbocycles. The van der Waals surface area contributed by atoms with Gasteiger partial charge in [-0.25, -0.2) is 4.98 Å². The summed E-state index contributed by atoms with van der Waals surface area (Å²) in [5.74, 6) is 0.628. The van der Waals surface area contributed by atoms with Crippen molar-refractivity contribution in [1.82, 2.24) is 9.88 Å². The number of likely N-dealkylation sites (tertiary alicyclic amines) is 1. The molecule has 4 heteroatoms. The van der Waals surface area contributed by atoms with Crippen LogP contribution in [0.3, 0.4) is 0 Å². The summed E-state index contributed by atoms with van der Waals surface area (Å²) in [5, 5.41) is 0.483. The van der Waals surface area contributed by atoms with Crippen molar-refractivity contribution in [2.24, 2.45) is 0 Å². The van der Waals surface area contributed by atoms with Crippen LogP contribution in [0.15, 0.2) is 18.2 Å². The molecule has 82 valence electrons. The molecule has 3 nitrogen and oxygen atoms in total. The van der Waals surface area contributed by atoms with Crippen molar-refractivity contribution in [3.8, 4) is 5.88 Å². The Bertz CT molecular complexity index is 332. The summed E-state index contributed by atoms with van der Waals surface area (Å²) in [6.07, 6.45) is 2.52. The van der Waals surface area contributed by atoms with Crippen LogP contribution in [0.1, 0.15) is 12.8 Å². The number of nitrogens with zero attached hydrogens (tertiary/aromatic N) is 2. The number of hydrogen-bond acceptors (Lipinski definition) is 3. The molecule has 1 atom stereocenters. The number of hydrogen-bond donors (Lipinski definition) is 0. The van der Waals surface area contributed by atoms with Gasteiger partial charge < -0.3 is 9.64 Å². The second kappa shape index (κ2) is 4.81. The predicted molar refractivity (Wildman–Crippen MR) is 60.4 cm³/mol. The number of halogens is 1. The van der Waals surface area contributed by atoms with Crippen LogP contribution in [0.2, 0.25) is 5.15 Å². The molecule has 1 unspecified atom stereocenters. The first-order valence-corrected chi connectivity index (χ1v) is 5.59. The zero-order valence-electron chi connectivity index (χ0n) is 8.82. The van der Waals surface area contributed by atoms with Gasteiger partial charge in [-0.1, -0.05) is 17.7 Å². The molecule has 0 N–H and O–H groups in total. The van der Waals surface area contributed by atoms with Gasteiger partial charge >= 0.3 is 0 Å². The third-order valence-electron chi connectivity index (χ3n) is 2.56. The Balaban J connectivity index is 1.96. The van der Waals surface area contributed by atoms with Crippen molar-refractivity contribution in [1.29, 1.82) is 0 Å². The average Bonchev–Trinajstić information content (AvgIpc) is 2.17. The number of pyridine rings is 1. The normalized spacial score (nSPS) is 22.7. The van der Waals surface area contributed by atoms with Gasteiger partial charge in [-0.3, -0.25) is 0 Å². The van der Waals surface area contributed by atoms with Crippen LogP contribution in [-0.4, -0.2) is 36.1 Å². The van der Waals surface area contributed by atoms with Crippen LogP contribution in [0, 0.1) is 0 Å². The van der Waals surface area contributed by atoms with E-state index in [1.54, 1.807) is 6.07 Å². The van der Waals surface area contributed by atoms with E-state index >= 15 is 0 Å². The molecule has 1 aliphatic rings. The summed E-state index contributed by atoms with van der Waals surface area (Å²) in [5.41, 5.74) is 0. The lowest BCUT2D eigenvalue weighted by atomic mass is 10.1. The summed E-state index contributed by atoms with van der Waals surface area (Å²) in [6.45, 7) is 2.12. The van der Waals surface area contributed by atoms with E-state index in [0.29, 0.717) is 11.0 Å². The van der Waals surface area contributed by atoms with E-state index in [2.05, 4.69) is 16.9 Å². The number of likely N-dealkylation sites (N-methyl/N-ethyl adjacent to an activating group) is 1. The third-order valence-corrected chi connectivity index (χ3v) is 2.77. The minimum absolute atomic E-state index is 0.245. The highest BCUT2D eigenvalue weighted by Gasteiger charge is 2.18. The van der Waals surface area contributed by atoms with Gasteiger partial charge in [-0.05, 0) is 32.5 Å². The van der Waals surface area contributed by atoms with Crippen LogP contribution in [0.5, 0.6) is 5.88 Å². The maximum atomic E-state index is 5.79. The van der Waals surface area contributed by atoms with E-state index in [9.17, 15) is 0 Å². The molecule has 2 rings (SSSR count). The maximum Gasteiger partial charge on any atom is 0.214 e. The highest BCUT2D eigenvalue weighted by Crippen LogP contribution is 2.17. The first-order valence-electron chi connectivity index (χ1n) is 5.22. The van der Waals surface area contributed by atoms with E-state index in [1.807, 2.05) is 12.1 Å². The number of piperidine rings is 1. The molecule has 15 heavy (non-hydrogen) atoms. The first-order chi connectivity index (χ1) is 7.24. The SMILES string of the molecule is CN1CCCC(Oc2cccc(Cl)n2)C1. The van der Waals surface area contributed by atoms with Crippen LogP contribution >= 0.6 is 11.6 Å². The lowest BCUT2D eigenvalue weighted by molar-refractivity contribution is 0.100. The summed E-state index contributed by atoms with van der Waals surface area (Å²) < 4.78 is 5.77. The smallest absolute Gasteiger partial charge is 0.214 e. The number of ether oxygens (including phenoxy) is 1. The Labute approximate surface area is 95.0 Å². The Morgan fingerprint density at radius 3 is 3.13 bits per heavy atom. The average molecular weight is 227 g/mol. The fourth-order valence-electron chi connectivity index (χ4n) is 1.84. The Morgan fingerprint density at radius 2 is 2.40 bits per heavy atom. The van der Waals surface area contributed by atoms with E-state index in [0.717, 1.165) is 19.5 Å². The second-order valence-corrected chi connectivity index (χ2v) is 4.33. The van der Waals surface area contributed by atoms with E-state index in [1.165, 1.54) is 6.42 Å². The van der Waals surface area contributed by atoms with Gasteiger partial charge in [0.05, 0.1) is 0 Å².